The van der Waals surface area contributed by atoms with Gasteiger partial charge in [0.05, 0.1) is 25.5 Å². The number of nitrogens with one attached hydrogen (secondary N) is 1. The predicted molar refractivity (Wildman–Crippen MR) is 113 cm³/mol. The number of para-hydroxylation sites is 1. The first-order valence-corrected chi connectivity index (χ1v) is 9.65. The second-order valence-corrected chi connectivity index (χ2v) is 6.96. The monoisotopic (exact) mass is 422 g/mol. The molecule has 10 heteroatoms. The molecule has 160 valence electrons. The van der Waals surface area contributed by atoms with Gasteiger partial charge in [-0.15, -0.1) is 0 Å². The zero-order valence-electron chi connectivity index (χ0n) is 17.1. The number of rotatable bonds is 8. The van der Waals surface area contributed by atoms with Gasteiger partial charge < -0.3 is 15.8 Å². The highest BCUT2D eigenvalue weighted by Crippen LogP contribution is 2.39. The lowest BCUT2D eigenvalue weighted by Gasteiger charge is -2.26. The molecule has 0 saturated heterocycles. The molecule has 10 nitrogen and oxygen atoms in total. The first-order valence-electron chi connectivity index (χ1n) is 9.65. The Morgan fingerprint density at radius 1 is 1.23 bits per heavy atom. The number of nitrogens with zero attached hydrogens (tertiary/aromatic N) is 4. The maximum Gasteiger partial charge on any atom is 0.270 e. The molecule has 2 heterocycles. The number of aromatic nitrogens is 3. The van der Waals surface area contributed by atoms with E-state index in [0.717, 1.165) is 12.8 Å². The molecule has 1 aromatic carbocycles. The van der Waals surface area contributed by atoms with Gasteiger partial charge >= 0.3 is 0 Å². The highest BCUT2D eigenvalue weighted by Gasteiger charge is 2.27. The molecule has 0 spiro atoms. The number of nitrogens with two attached hydrogens (primary N) is 1. The number of anilines is 2. The van der Waals surface area contributed by atoms with Crippen LogP contribution in [0.2, 0.25) is 0 Å². The molecule has 0 unspecified atom stereocenters. The summed E-state index contributed by atoms with van der Waals surface area (Å²) in [5.74, 6) is -0.585. The molecule has 31 heavy (non-hydrogen) atoms. The minimum atomic E-state index is -0.708. The van der Waals surface area contributed by atoms with Crippen molar-refractivity contribution >= 4 is 23.2 Å². The largest absolute Gasteiger partial charge is 0.492 e. The van der Waals surface area contributed by atoms with Gasteiger partial charge in [0.2, 0.25) is 0 Å². The minimum Gasteiger partial charge on any atom is -0.492 e. The van der Waals surface area contributed by atoms with E-state index in [1.165, 1.54) is 31.5 Å². The van der Waals surface area contributed by atoms with Gasteiger partial charge in [0.15, 0.2) is 5.75 Å². The van der Waals surface area contributed by atoms with Crippen molar-refractivity contribution in [3.8, 4) is 11.4 Å². The lowest BCUT2D eigenvalue weighted by Crippen LogP contribution is -2.28. The van der Waals surface area contributed by atoms with Gasteiger partial charge in [0.25, 0.3) is 11.8 Å². The number of methoxy groups -OCH3 is 1. The van der Waals surface area contributed by atoms with Crippen molar-refractivity contribution in [2.24, 2.45) is 5.73 Å². The van der Waals surface area contributed by atoms with Gasteiger partial charge in [-0.25, -0.2) is 9.75 Å². The molecule has 2 aromatic heterocycles. The molecule has 1 fully saturated rings. The van der Waals surface area contributed by atoms with Crippen molar-refractivity contribution in [1.29, 1.82) is 0 Å². The molecule has 3 N–H and O–H groups in total. The van der Waals surface area contributed by atoms with Crippen LogP contribution in [0, 0.1) is 0 Å². The van der Waals surface area contributed by atoms with Crippen LogP contribution in [0.15, 0.2) is 48.9 Å². The van der Waals surface area contributed by atoms with Gasteiger partial charge in [-0.1, -0.05) is 6.07 Å². The quantitative estimate of drug-likeness (QED) is 0.532. The normalized spacial score (nSPS) is 13.0. The number of ether oxygens (including phenoxy) is 1. The topological polar surface area (TPSA) is 125 Å². The average Bonchev–Trinajstić information content (AvgIpc) is 3.42. The smallest absolute Gasteiger partial charge is 0.270 e. The number of hydrogen-bond donors (Lipinski definition) is 2. The minimum absolute atomic E-state index is 0.0939. The van der Waals surface area contributed by atoms with Gasteiger partial charge in [-0.3, -0.25) is 19.4 Å². The fourth-order valence-electron chi connectivity index (χ4n) is 3.21. The average molecular weight is 422 g/mol. The second kappa shape index (κ2) is 8.44. The molecule has 0 radical (unpaired) electrons. The molecule has 3 aromatic rings. The van der Waals surface area contributed by atoms with Crippen LogP contribution in [-0.4, -0.2) is 46.8 Å². The Balaban J connectivity index is 1.82. The Morgan fingerprint density at radius 2 is 2.03 bits per heavy atom. The molecule has 0 aliphatic heterocycles. The number of carbonyl (C=O) groups is 2. The van der Waals surface area contributed by atoms with Crippen molar-refractivity contribution in [2.75, 3.05) is 19.3 Å². The first-order chi connectivity index (χ1) is 15.0. The molecule has 4 rings (SSSR count). The van der Waals surface area contributed by atoms with E-state index in [1.54, 1.807) is 35.3 Å². The third kappa shape index (κ3) is 4.05. The second-order valence-electron chi connectivity index (χ2n) is 6.96. The Labute approximate surface area is 178 Å². The fraction of sp³-hybridized carbons (Fsp3) is 0.238. The third-order valence-electron chi connectivity index (χ3n) is 4.84. The van der Waals surface area contributed by atoms with Crippen LogP contribution in [0.1, 0.15) is 33.7 Å². The Hall–Kier alpha value is -3.92. The molecule has 1 aliphatic rings. The van der Waals surface area contributed by atoms with Crippen LogP contribution in [0.3, 0.4) is 0 Å². The number of amides is 2. The molecule has 2 amide bonds. The summed E-state index contributed by atoms with van der Waals surface area (Å²) in [4.78, 5) is 34.4. The summed E-state index contributed by atoms with van der Waals surface area (Å²) in [5.41, 5.74) is 7.23. The van der Waals surface area contributed by atoms with E-state index in [-0.39, 0.29) is 28.9 Å². The molecular formula is C21H22N6O4. The summed E-state index contributed by atoms with van der Waals surface area (Å²) < 4.78 is 7.29. The summed E-state index contributed by atoms with van der Waals surface area (Å²) in [6.07, 6.45) is 6.59. The van der Waals surface area contributed by atoms with E-state index in [0.29, 0.717) is 17.1 Å². The van der Waals surface area contributed by atoms with E-state index in [2.05, 4.69) is 15.4 Å². The van der Waals surface area contributed by atoms with Crippen LogP contribution in [0.5, 0.6) is 5.75 Å². The SMILES string of the molecule is COc1c(N(OC)c2cc(C(=O)NC3CC3)ncc2C(N)=O)cccc1-n1cccn1. The van der Waals surface area contributed by atoms with Gasteiger partial charge in [-0.05, 0) is 37.1 Å². The van der Waals surface area contributed by atoms with Crippen LogP contribution in [-0.2, 0) is 4.84 Å². The third-order valence-corrected chi connectivity index (χ3v) is 4.84. The summed E-state index contributed by atoms with van der Waals surface area (Å²) in [6.45, 7) is 0. The number of carbonyl (C=O) groups excluding carboxylic acids is 2. The molecule has 1 saturated carbocycles. The van der Waals surface area contributed by atoms with Crippen molar-refractivity contribution in [3.63, 3.8) is 0 Å². The number of primary amides is 1. The molecular weight excluding hydrogens is 400 g/mol. The van der Waals surface area contributed by atoms with Gasteiger partial charge in [0, 0.05) is 24.6 Å². The zero-order valence-corrected chi connectivity index (χ0v) is 17.1. The van der Waals surface area contributed by atoms with Crippen LogP contribution in [0.25, 0.3) is 5.69 Å². The van der Waals surface area contributed by atoms with Crippen molar-refractivity contribution < 1.29 is 19.2 Å². The highest BCUT2D eigenvalue weighted by molar-refractivity contribution is 6.01. The van der Waals surface area contributed by atoms with Gasteiger partial charge in [-0.2, -0.15) is 5.10 Å². The summed E-state index contributed by atoms with van der Waals surface area (Å²) >= 11 is 0. The molecule has 0 atom stereocenters. The van der Waals surface area contributed by atoms with Crippen LogP contribution in [0.4, 0.5) is 11.4 Å². The Morgan fingerprint density at radius 3 is 2.65 bits per heavy atom. The van der Waals surface area contributed by atoms with Crippen LogP contribution >= 0.6 is 0 Å². The summed E-state index contributed by atoms with van der Waals surface area (Å²) in [5, 5.41) is 8.51. The van der Waals surface area contributed by atoms with E-state index in [1.807, 2.05) is 6.07 Å². The lowest BCUT2D eigenvalue weighted by atomic mass is 10.1. The predicted octanol–water partition coefficient (Wildman–Crippen LogP) is 1.97. The lowest BCUT2D eigenvalue weighted by molar-refractivity contribution is 0.0942. The summed E-state index contributed by atoms with van der Waals surface area (Å²) in [6, 6.07) is 8.81. The number of benzene rings is 1. The highest BCUT2D eigenvalue weighted by atomic mass is 16.7. The van der Waals surface area contributed by atoms with Crippen molar-refractivity contribution in [1.82, 2.24) is 20.1 Å². The fourth-order valence-corrected chi connectivity index (χ4v) is 3.21. The van der Waals surface area contributed by atoms with Crippen LogP contribution < -0.4 is 20.9 Å². The maximum atomic E-state index is 12.5. The number of pyridine rings is 1. The van der Waals surface area contributed by atoms with E-state index in [9.17, 15) is 9.59 Å². The van der Waals surface area contributed by atoms with E-state index in [4.69, 9.17) is 15.3 Å². The standard InChI is InChI=1S/C21H22N6O4/c1-30-19-16(26-10-4-9-24-26)5-3-6-17(19)27(31-2)18-11-15(21(29)25-13-7-8-13)23-12-14(18)20(22)28/h3-6,9-13H,7-8H2,1-2H3,(H2,22,28)(H,25,29). The van der Waals surface area contributed by atoms with Crippen molar-refractivity contribution in [2.45, 2.75) is 18.9 Å². The first kappa shape index (κ1) is 20.4. The van der Waals surface area contributed by atoms with E-state index < -0.39 is 5.91 Å². The Kier molecular flexibility index (Phi) is 5.54. The van der Waals surface area contributed by atoms with Crippen molar-refractivity contribution in [3.05, 3.63) is 60.2 Å². The molecule has 1 aliphatic carbocycles. The van der Waals surface area contributed by atoms with E-state index >= 15 is 0 Å². The Bertz CT molecular complexity index is 1110. The zero-order chi connectivity index (χ0) is 22.0. The van der Waals surface area contributed by atoms with Gasteiger partial charge in [0.1, 0.15) is 17.1 Å². The summed E-state index contributed by atoms with van der Waals surface area (Å²) in [7, 11) is 2.96. The maximum absolute atomic E-state index is 12.5. The number of hydrogen-bond acceptors (Lipinski definition) is 7. The molecule has 0 bridgehead atoms.